The fraction of sp³-hybridized carbons (Fsp3) is 0.583. The van der Waals surface area contributed by atoms with Crippen molar-refractivity contribution < 1.29 is 19.8 Å². The third kappa shape index (κ3) is 5.22. The van der Waals surface area contributed by atoms with Crippen molar-refractivity contribution in [3.05, 3.63) is 42.0 Å². The molecular formula is C24H36N2O4. The van der Waals surface area contributed by atoms with E-state index in [1.165, 1.54) is 19.3 Å². The highest BCUT2D eigenvalue weighted by molar-refractivity contribution is 5.89. The van der Waals surface area contributed by atoms with Crippen LogP contribution in [0.4, 0.5) is 5.69 Å². The van der Waals surface area contributed by atoms with E-state index >= 15 is 0 Å². The van der Waals surface area contributed by atoms with Gasteiger partial charge in [-0.1, -0.05) is 43.7 Å². The largest absolute Gasteiger partial charge is 0.481 e. The second kappa shape index (κ2) is 10.6. The standard InChI is InChI=1S/C20H25NO4.C4H11N/c1-19(17(22)23)10-7-11-20(14-19,18(24)25)15-8-3-4-9-16(15)21-12-5-2-6-13-21;1-2-3-4-5/h3-4,7-9,11H,2,5-6,10,12-14H2,1H3,(H,22,23)(H,24,25);2-5H2,1H3/t19?,20-;/m1./s1. The smallest absolute Gasteiger partial charge is 0.318 e. The maximum Gasteiger partial charge on any atom is 0.318 e. The van der Waals surface area contributed by atoms with E-state index in [0.717, 1.165) is 38.2 Å². The van der Waals surface area contributed by atoms with Gasteiger partial charge in [0.15, 0.2) is 0 Å². The van der Waals surface area contributed by atoms with Crippen molar-refractivity contribution in [2.75, 3.05) is 24.5 Å². The molecule has 4 N–H and O–H groups in total. The number of aliphatic carboxylic acids is 2. The molecule has 1 saturated heterocycles. The quantitative estimate of drug-likeness (QED) is 0.601. The number of rotatable bonds is 6. The fourth-order valence-electron chi connectivity index (χ4n) is 4.34. The second-order valence-electron chi connectivity index (χ2n) is 8.63. The molecule has 0 spiro atoms. The second-order valence-corrected chi connectivity index (χ2v) is 8.63. The zero-order valence-corrected chi connectivity index (χ0v) is 18.3. The van der Waals surface area contributed by atoms with Crippen LogP contribution in [0.25, 0.3) is 0 Å². The Kier molecular flexibility index (Phi) is 8.47. The number of carboxylic acid groups (broad SMARTS) is 2. The van der Waals surface area contributed by atoms with E-state index in [-0.39, 0.29) is 6.42 Å². The lowest BCUT2D eigenvalue weighted by Crippen LogP contribution is -2.45. The van der Waals surface area contributed by atoms with Crippen molar-refractivity contribution in [3.63, 3.8) is 0 Å². The Bertz CT molecular complexity index is 755. The van der Waals surface area contributed by atoms with Gasteiger partial charge < -0.3 is 20.8 Å². The summed E-state index contributed by atoms with van der Waals surface area (Å²) in [6.45, 7) is 6.43. The summed E-state index contributed by atoms with van der Waals surface area (Å²) in [5, 5.41) is 19.8. The van der Waals surface area contributed by atoms with Crippen molar-refractivity contribution >= 4 is 17.6 Å². The van der Waals surface area contributed by atoms with Crippen molar-refractivity contribution in [2.24, 2.45) is 11.1 Å². The number of benzene rings is 1. The van der Waals surface area contributed by atoms with Gasteiger partial charge in [-0.15, -0.1) is 0 Å². The zero-order valence-electron chi connectivity index (χ0n) is 18.3. The molecule has 1 heterocycles. The molecule has 0 saturated carbocycles. The predicted molar refractivity (Wildman–Crippen MR) is 120 cm³/mol. The summed E-state index contributed by atoms with van der Waals surface area (Å²) in [5.41, 5.74) is 4.37. The highest BCUT2D eigenvalue weighted by Crippen LogP contribution is 2.47. The van der Waals surface area contributed by atoms with E-state index in [1.807, 2.05) is 24.3 Å². The Morgan fingerprint density at radius 2 is 1.77 bits per heavy atom. The number of carboxylic acids is 2. The molecule has 1 aromatic carbocycles. The number of unbranched alkanes of at least 4 members (excludes halogenated alkanes) is 1. The summed E-state index contributed by atoms with van der Waals surface area (Å²) in [7, 11) is 0. The molecule has 1 unspecified atom stereocenters. The van der Waals surface area contributed by atoms with Gasteiger partial charge in [-0.25, -0.2) is 0 Å². The molecule has 0 amide bonds. The minimum atomic E-state index is -1.31. The summed E-state index contributed by atoms with van der Waals surface area (Å²) in [4.78, 5) is 26.4. The van der Waals surface area contributed by atoms with Gasteiger partial charge in [-0.05, 0) is 63.6 Å². The monoisotopic (exact) mass is 416 g/mol. The summed E-state index contributed by atoms with van der Waals surface area (Å²) >= 11 is 0. The van der Waals surface area contributed by atoms with E-state index in [4.69, 9.17) is 5.73 Å². The van der Waals surface area contributed by atoms with E-state index in [0.29, 0.717) is 12.0 Å². The minimum absolute atomic E-state index is 0.0615. The molecule has 2 atom stereocenters. The first kappa shape index (κ1) is 23.9. The average molecular weight is 417 g/mol. The summed E-state index contributed by atoms with van der Waals surface area (Å²) < 4.78 is 0. The van der Waals surface area contributed by atoms with Crippen LogP contribution in [0, 0.1) is 5.41 Å². The van der Waals surface area contributed by atoms with Crippen LogP contribution >= 0.6 is 0 Å². The molecule has 30 heavy (non-hydrogen) atoms. The van der Waals surface area contributed by atoms with Gasteiger partial charge in [-0.2, -0.15) is 0 Å². The molecular weight excluding hydrogens is 380 g/mol. The Balaban J connectivity index is 0.000000575. The van der Waals surface area contributed by atoms with Gasteiger partial charge in [0.05, 0.1) is 5.41 Å². The van der Waals surface area contributed by atoms with Gasteiger partial charge >= 0.3 is 11.9 Å². The van der Waals surface area contributed by atoms with Crippen LogP contribution in [0.2, 0.25) is 0 Å². The van der Waals surface area contributed by atoms with Crippen molar-refractivity contribution in [1.29, 1.82) is 0 Å². The van der Waals surface area contributed by atoms with E-state index in [2.05, 4.69) is 11.8 Å². The van der Waals surface area contributed by atoms with Gasteiger partial charge in [0.2, 0.25) is 0 Å². The van der Waals surface area contributed by atoms with Gasteiger partial charge in [0.1, 0.15) is 5.41 Å². The summed E-state index contributed by atoms with van der Waals surface area (Å²) in [6.07, 6.45) is 9.60. The van der Waals surface area contributed by atoms with E-state index in [9.17, 15) is 19.8 Å². The third-order valence-corrected chi connectivity index (χ3v) is 6.18. The fourth-order valence-corrected chi connectivity index (χ4v) is 4.34. The molecule has 6 nitrogen and oxygen atoms in total. The maximum absolute atomic E-state index is 12.4. The Morgan fingerprint density at radius 3 is 2.30 bits per heavy atom. The number of carbonyl (C=O) groups is 2. The van der Waals surface area contributed by atoms with Crippen molar-refractivity contribution in [3.8, 4) is 0 Å². The van der Waals surface area contributed by atoms with Crippen molar-refractivity contribution in [1.82, 2.24) is 0 Å². The van der Waals surface area contributed by atoms with Crippen LogP contribution < -0.4 is 10.6 Å². The molecule has 0 radical (unpaired) electrons. The van der Waals surface area contributed by atoms with Crippen LogP contribution in [0.15, 0.2) is 36.4 Å². The predicted octanol–water partition coefficient (Wildman–Crippen LogP) is 4.19. The first-order chi connectivity index (χ1) is 14.3. The number of nitrogens with zero attached hydrogens (tertiary/aromatic N) is 1. The zero-order chi connectivity index (χ0) is 22.2. The molecule has 1 fully saturated rings. The number of piperidine rings is 1. The minimum Gasteiger partial charge on any atom is -0.481 e. The number of allylic oxidation sites excluding steroid dienone is 1. The topological polar surface area (TPSA) is 104 Å². The number of hydrogen-bond acceptors (Lipinski definition) is 4. The highest BCUT2D eigenvalue weighted by Gasteiger charge is 2.50. The van der Waals surface area contributed by atoms with Gasteiger partial charge in [-0.3, -0.25) is 9.59 Å². The molecule has 0 bridgehead atoms. The van der Waals surface area contributed by atoms with Crippen LogP contribution in [0.3, 0.4) is 0 Å². The van der Waals surface area contributed by atoms with Gasteiger partial charge in [0, 0.05) is 18.8 Å². The molecule has 1 aliphatic heterocycles. The number of para-hydroxylation sites is 1. The van der Waals surface area contributed by atoms with E-state index < -0.39 is 22.8 Å². The highest BCUT2D eigenvalue weighted by atomic mass is 16.4. The molecule has 166 valence electrons. The SMILES string of the molecule is CC1(C(=O)O)CC=C[C@](C(=O)O)(c2ccccc2N2CCCCC2)C1.CCCCN. The normalized spacial score (nSPS) is 25.9. The Morgan fingerprint density at radius 1 is 1.10 bits per heavy atom. The summed E-state index contributed by atoms with van der Waals surface area (Å²) in [5.74, 6) is -1.93. The molecule has 1 aromatic rings. The van der Waals surface area contributed by atoms with Crippen molar-refractivity contribution in [2.45, 2.75) is 64.2 Å². The lowest BCUT2D eigenvalue weighted by molar-refractivity contribution is -0.152. The van der Waals surface area contributed by atoms with Gasteiger partial charge in [0.25, 0.3) is 0 Å². The van der Waals surface area contributed by atoms with Crippen LogP contribution in [0.5, 0.6) is 0 Å². The Hall–Kier alpha value is -2.34. The summed E-state index contributed by atoms with van der Waals surface area (Å²) in [6, 6.07) is 7.57. The number of hydrogen-bond donors (Lipinski definition) is 3. The first-order valence-electron chi connectivity index (χ1n) is 11.0. The number of anilines is 1. The molecule has 2 aliphatic rings. The molecule has 3 rings (SSSR count). The van der Waals surface area contributed by atoms with Crippen LogP contribution in [0.1, 0.15) is 64.4 Å². The number of nitrogens with two attached hydrogens (primary N) is 1. The molecule has 0 aromatic heterocycles. The average Bonchev–Trinajstić information content (AvgIpc) is 2.75. The van der Waals surface area contributed by atoms with Crippen LogP contribution in [-0.2, 0) is 15.0 Å². The van der Waals surface area contributed by atoms with E-state index in [1.54, 1.807) is 19.1 Å². The van der Waals surface area contributed by atoms with Crippen LogP contribution in [-0.4, -0.2) is 41.8 Å². The third-order valence-electron chi connectivity index (χ3n) is 6.18. The molecule has 6 heteroatoms. The lowest BCUT2D eigenvalue weighted by atomic mass is 9.63. The maximum atomic E-state index is 12.4. The molecule has 1 aliphatic carbocycles. The Labute approximate surface area is 179 Å². The lowest BCUT2D eigenvalue weighted by Gasteiger charge is -2.41. The first-order valence-corrected chi connectivity index (χ1v) is 11.0.